The topological polar surface area (TPSA) is 66.9 Å². The van der Waals surface area contributed by atoms with E-state index in [1.807, 2.05) is 6.07 Å². The van der Waals surface area contributed by atoms with Gasteiger partial charge in [0.25, 0.3) is 0 Å². The molecular formula is C13H24N4OS. The van der Waals surface area contributed by atoms with E-state index in [4.69, 9.17) is 0 Å². The van der Waals surface area contributed by atoms with E-state index in [1.54, 1.807) is 6.26 Å². The highest BCUT2D eigenvalue weighted by Gasteiger charge is 2.07. The van der Waals surface area contributed by atoms with Crippen LogP contribution < -0.4 is 10.6 Å². The van der Waals surface area contributed by atoms with Crippen LogP contribution in [0.1, 0.15) is 38.9 Å². The molecule has 1 heterocycles. The predicted molar refractivity (Wildman–Crippen MR) is 82.3 cm³/mol. The van der Waals surface area contributed by atoms with Crippen LogP contribution in [0.4, 0.5) is 11.6 Å². The molecule has 5 nitrogen and oxygen atoms in total. The van der Waals surface area contributed by atoms with Crippen molar-refractivity contribution in [3.63, 3.8) is 0 Å². The van der Waals surface area contributed by atoms with Crippen LogP contribution in [0.5, 0.6) is 0 Å². The summed E-state index contributed by atoms with van der Waals surface area (Å²) in [5, 5.41) is 6.48. The first kappa shape index (κ1) is 15.9. The van der Waals surface area contributed by atoms with Crippen molar-refractivity contribution in [2.75, 3.05) is 35.7 Å². The van der Waals surface area contributed by atoms with Crippen LogP contribution in [-0.2, 0) is 10.8 Å². The SMILES string of the molecule is CCCNc1cc(NCCS(C)=O)nc(C(C)C)n1. The van der Waals surface area contributed by atoms with Crippen LogP contribution >= 0.6 is 0 Å². The number of anilines is 2. The number of rotatable bonds is 8. The maximum absolute atomic E-state index is 11.0. The minimum atomic E-state index is -0.785. The van der Waals surface area contributed by atoms with Gasteiger partial charge in [0.1, 0.15) is 17.5 Å². The summed E-state index contributed by atoms with van der Waals surface area (Å²) in [6.07, 6.45) is 2.76. The van der Waals surface area contributed by atoms with Crippen LogP contribution in [0.25, 0.3) is 0 Å². The molecule has 0 aliphatic rings. The van der Waals surface area contributed by atoms with Gasteiger partial charge in [-0.05, 0) is 6.42 Å². The number of aromatic nitrogens is 2. The Balaban J connectivity index is 2.77. The molecule has 0 saturated carbocycles. The van der Waals surface area contributed by atoms with Gasteiger partial charge < -0.3 is 10.6 Å². The largest absolute Gasteiger partial charge is 0.370 e. The average Bonchev–Trinajstić information content (AvgIpc) is 2.35. The number of nitrogens with zero attached hydrogens (tertiary/aromatic N) is 2. The third-order valence-corrected chi connectivity index (χ3v) is 3.29. The second-order valence-electron chi connectivity index (χ2n) is 4.78. The van der Waals surface area contributed by atoms with Crippen molar-refractivity contribution in [2.45, 2.75) is 33.1 Å². The van der Waals surface area contributed by atoms with Crippen LogP contribution in [0.2, 0.25) is 0 Å². The molecule has 0 spiro atoms. The summed E-state index contributed by atoms with van der Waals surface area (Å²) in [5.74, 6) is 3.37. The first-order valence-corrected chi connectivity index (χ1v) is 8.42. The molecule has 1 atom stereocenters. The van der Waals surface area contributed by atoms with Crippen molar-refractivity contribution in [2.24, 2.45) is 0 Å². The second-order valence-corrected chi connectivity index (χ2v) is 6.34. The third-order valence-electron chi connectivity index (χ3n) is 2.51. The zero-order valence-corrected chi connectivity index (χ0v) is 13.0. The van der Waals surface area contributed by atoms with Crippen LogP contribution in [0, 0.1) is 0 Å². The summed E-state index contributed by atoms with van der Waals surface area (Å²) in [6, 6.07) is 1.90. The summed E-state index contributed by atoms with van der Waals surface area (Å²) < 4.78 is 11.0. The predicted octanol–water partition coefficient (Wildman–Crippen LogP) is 2.21. The lowest BCUT2D eigenvalue weighted by atomic mass is 10.2. The van der Waals surface area contributed by atoms with Gasteiger partial charge in [0.05, 0.1) is 0 Å². The molecule has 1 rings (SSSR count). The zero-order valence-electron chi connectivity index (χ0n) is 12.2. The summed E-state index contributed by atoms with van der Waals surface area (Å²) in [4.78, 5) is 8.97. The van der Waals surface area contributed by atoms with Crippen molar-refractivity contribution in [3.05, 3.63) is 11.9 Å². The van der Waals surface area contributed by atoms with Crippen LogP contribution in [-0.4, -0.2) is 39.3 Å². The Morgan fingerprint density at radius 1 is 1.21 bits per heavy atom. The monoisotopic (exact) mass is 284 g/mol. The lowest BCUT2D eigenvalue weighted by Crippen LogP contribution is -2.13. The Morgan fingerprint density at radius 2 is 1.79 bits per heavy atom. The van der Waals surface area contributed by atoms with Gasteiger partial charge in [0, 0.05) is 47.9 Å². The van der Waals surface area contributed by atoms with E-state index in [2.05, 4.69) is 41.4 Å². The molecule has 0 amide bonds. The minimum absolute atomic E-state index is 0.282. The Labute approximate surface area is 118 Å². The lowest BCUT2D eigenvalue weighted by Gasteiger charge is -2.12. The molecule has 0 radical (unpaired) electrons. The van der Waals surface area contributed by atoms with E-state index in [1.165, 1.54) is 0 Å². The molecule has 2 N–H and O–H groups in total. The van der Waals surface area contributed by atoms with Crippen molar-refractivity contribution in [1.82, 2.24) is 9.97 Å². The van der Waals surface area contributed by atoms with Crippen molar-refractivity contribution in [1.29, 1.82) is 0 Å². The third kappa shape index (κ3) is 6.00. The van der Waals surface area contributed by atoms with E-state index in [9.17, 15) is 4.21 Å². The van der Waals surface area contributed by atoms with Gasteiger partial charge >= 0.3 is 0 Å². The molecule has 0 aromatic carbocycles. The van der Waals surface area contributed by atoms with Gasteiger partial charge in [0.15, 0.2) is 0 Å². The Bertz CT molecular complexity index is 423. The van der Waals surface area contributed by atoms with E-state index in [-0.39, 0.29) is 5.92 Å². The highest BCUT2D eigenvalue weighted by Crippen LogP contribution is 2.16. The number of hydrogen-bond donors (Lipinski definition) is 2. The van der Waals surface area contributed by atoms with Crippen LogP contribution in [0.15, 0.2) is 6.07 Å². The summed E-state index contributed by atoms with van der Waals surface area (Å²) in [5.41, 5.74) is 0. The first-order chi connectivity index (χ1) is 9.02. The second kappa shape index (κ2) is 8.09. The average molecular weight is 284 g/mol. The summed E-state index contributed by atoms with van der Waals surface area (Å²) in [7, 11) is -0.785. The van der Waals surface area contributed by atoms with Crippen molar-refractivity contribution < 1.29 is 4.21 Å². The minimum Gasteiger partial charge on any atom is -0.370 e. The Morgan fingerprint density at radius 3 is 2.26 bits per heavy atom. The Kier molecular flexibility index (Phi) is 6.77. The van der Waals surface area contributed by atoms with E-state index in [0.29, 0.717) is 12.3 Å². The molecule has 6 heteroatoms. The highest BCUT2D eigenvalue weighted by atomic mass is 32.2. The molecule has 0 aliphatic heterocycles. The summed E-state index contributed by atoms with van der Waals surface area (Å²) in [6.45, 7) is 7.82. The molecule has 0 saturated heterocycles. The molecular weight excluding hydrogens is 260 g/mol. The van der Waals surface area contributed by atoms with Crippen molar-refractivity contribution in [3.8, 4) is 0 Å². The molecule has 1 unspecified atom stereocenters. The Hall–Kier alpha value is -1.17. The first-order valence-electron chi connectivity index (χ1n) is 6.69. The molecule has 0 aliphatic carbocycles. The van der Waals surface area contributed by atoms with Gasteiger partial charge in [-0.15, -0.1) is 0 Å². The van der Waals surface area contributed by atoms with Gasteiger partial charge in [-0.25, -0.2) is 9.97 Å². The summed E-state index contributed by atoms with van der Waals surface area (Å²) >= 11 is 0. The highest BCUT2D eigenvalue weighted by molar-refractivity contribution is 7.84. The number of hydrogen-bond acceptors (Lipinski definition) is 5. The molecule has 1 aromatic heterocycles. The van der Waals surface area contributed by atoms with Gasteiger partial charge in [-0.3, -0.25) is 4.21 Å². The van der Waals surface area contributed by atoms with Gasteiger partial charge in [0.2, 0.25) is 0 Å². The fourth-order valence-electron chi connectivity index (χ4n) is 1.48. The molecule has 108 valence electrons. The van der Waals surface area contributed by atoms with E-state index in [0.717, 1.165) is 30.4 Å². The van der Waals surface area contributed by atoms with Gasteiger partial charge in [-0.1, -0.05) is 20.8 Å². The zero-order chi connectivity index (χ0) is 14.3. The molecule has 19 heavy (non-hydrogen) atoms. The standard InChI is InChI=1S/C13H24N4OS/c1-5-6-14-11-9-12(15-7-8-19(4)18)17-13(16-11)10(2)3/h9-10H,5-8H2,1-4H3,(H2,14,15,16,17). The quantitative estimate of drug-likeness (QED) is 0.766. The fraction of sp³-hybridized carbons (Fsp3) is 0.692. The van der Waals surface area contributed by atoms with E-state index >= 15 is 0 Å². The maximum Gasteiger partial charge on any atom is 0.135 e. The van der Waals surface area contributed by atoms with Crippen LogP contribution in [0.3, 0.4) is 0 Å². The molecule has 0 bridgehead atoms. The lowest BCUT2D eigenvalue weighted by molar-refractivity contribution is 0.687. The normalized spacial score (nSPS) is 12.5. The number of nitrogens with one attached hydrogen (secondary N) is 2. The smallest absolute Gasteiger partial charge is 0.135 e. The molecule has 0 fully saturated rings. The van der Waals surface area contributed by atoms with E-state index < -0.39 is 10.8 Å². The maximum atomic E-state index is 11.0. The molecule has 1 aromatic rings. The fourth-order valence-corrected chi connectivity index (χ4v) is 1.87. The van der Waals surface area contributed by atoms with Crippen molar-refractivity contribution >= 4 is 22.4 Å². The van der Waals surface area contributed by atoms with Gasteiger partial charge in [-0.2, -0.15) is 0 Å².